The van der Waals surface area contributed by atoms with Crippen molar-refractivity contribution in [2.75, 3.05) is 6.54 Å². The average molecular weight is 486 g/mol. The van der Waals surface area contributed by atoms with E-state index in [-0.39, 0.29) is 6.54 Å². The molecule has 8 heteroatoms. The number of benzene rings is 4. The summed E-state index contributed by atoms with van der Waals surface area (Å²) in [5.41, 5.74) is 3.86. The quantitative estimate of drug-likeness (QED) is 0.173. The zero-order chi connectivity index (χ0) is 24.6. The molecule has 0 aliphatic rings. The van der Waals surface area contributed by atoms with Gasteiger partial charge in [-0.2, -0.15) is 5.10 Å². The van der Waals surface area contributed by atoms with Gasteiger partial charge in [-0.05, 0) is 64.9 Å². The molecule has 0 unspecified atom stereocenters. The average Bonchev–Trinajstić information content (AvgIpc) is 2.88. The molecule has 4 aromatic carbocycles. The Morgan fingerprint density at radius 1 is 0.886 bits per heavy atom. The Morgan fingerprint density at radius 2 is 1.63 bits per heavy atom. The third kappa shape index (κ3) is 6.31. The highest BCUT2D eigenvalue weighted by molar-refractivity contribution is 6.31. The summed E-state index contributed by atoms with van der Waals surface area (Å²) in [5.74, 6) is -0.972. The van der Waals surface area contributed by atoms with E-state index in [1.807, 2.05) is 36.4 Å². The van der Waals surface area contributed by atoms with Crippen LogP contribution in [0.4, 0.5) is 0 Å². The van der Waals surface area contributed by atoms with Crippen molar-refractivity contribution in [1.82, 2.24) is 10.7 Å². The zero-order valence-electron chi connectivity index (χ0n) is 18.4. The predicted octanol–water partition coefficient (Wildman–Crippen LogP) is 4.59. The second-order valence-corrected chi connectivity index (χ2v) is 7.91. The second kappa shape index (κ2) is 11.1. The number of fused-ring (bicyclic) bond motifs is 1. The molecule has 0 saturated heterocycles. The Morgan fingerprint density at radius 3 is 2.43 bits per heavy atom. The molecule has 7 nitrogen and oxygen atoms in total. The van der Waals surface area contributed by atoms with Crippen molar-refractivity contribution >= 4 is 46.4 Å². The van der Waals surface area contributed by atoms with Crippen LogP contribution in [-0.2, 0) is 4.79 Å². The molecule has 4 rings (SSSR count). The molecular formula is C27H20ClN3O4. The highest BCUT2D eigenvalue weighted by Gasteiger charge is 2.12. The van der Waals surface area contributed by atoms with Crippen LogP contribution in [0.1, 0.15) is 26.3 Å². The number of carbonyl (C=O) groups is 3. The number of nitrogens with one attached hydrogen (secondary N) is 2. The first-order valence-corrected chi connectivity index (χ1v) is 11.0. The van der Waals surface area contributed by atoms with Crippen LogP contribution in [0.5, 0.6) is 5.75 Å². The summed E-state index contributed by atoms with van der Waals surface area (Å²) in [7, 11) is 0. The smallest absolute Gasteiger partial charge is 0.344 e. The van der Waals surface area contributed by atoms with Gasteiger partial charge in [0.15, 0.2) is 0 Å². The molecule has 0 radical (unpaired) electrons. The molecule has 4 aromatic rings. The van der Waals surface area contributed by atoms with E-state index < -0.39 is 17.8 Å². The Balaban J connectivity index is 1.28. The van der Waals surface area contributed by atoms with Gasteiger partial charge in [0.1, 0.15) is 5.75 Å². The molecule has 0 aromatic heterocycles. The largest absolute Gasteiger partial charge is 0.423 e. The Bertz CT molecular complexity index is 1410. The van der Waals surface area contributed by atoms with E-state index in [0.29, 0.717) is 27.5 Å². The molecule has 2 amide bonds. The van der Waals surface area contributed by atoms with Crippen LogP contribution in [0.15, 0.2) is 96.1 Å². The summed E-state index contributed by atoms with van der Waals surface area (Å²) >= 11 is 5.86. The maximum absolute atomic E-state index is 12.6. The number of hydrazone groups is 1. The number of rotatable bonds is 7. The molecule has 0 heterocycles. The molecule has 0 saturated carbocycles. The molecule has 2 N–H and O–H groups in total. The van der Waals surface area contributed by atoms with E-state index in [2.05, 4.69) is 15.8 Å². The fourth-order valence-electron chi connectivity index (χ4n) is 3.30. The van der Waals surface area contributed by atoms with E-state index in [4.69, 9.17) is 16.3 Å². The maximum atomic E-state index is 12.6. The molecule has 35 heavy (non-hydrogen) atoms. The maximum Gasteiger partial charge on any atom is 0.344 e. The second-order valence-electron chi connectivity index (χ2n) is 7.47. The molecular weight excluding hydrogens is 466 g/mol. The van der Waals surface area contributed by atoms with Crippen molar-refractivity contribution in [3.8, 4) is 5.75 Å². The number of carbonyl (C=O) groups excluding carboxylic acids is 3. The molecule has 0 bridgehead atoms. The Hall–Kier alpha value is -4.49. The lowest BCUT2D eigenvalue weighted by Gasteiger charge is -2.07. The first-order valence-electron chi connectivity index (χ1n) is 10.7. The van der Waals surface area contributed by atoms with E-state index in [0.717, 1.165) is 10.8 Å². The van der Waals surface area contributed by atoms with Gasteiger partial charge in [-0.25, -0.2) is 10.2 Å². The van der Waals surface area contributed by atoms with Crippen molar-refractivity contribution in [2.45, 2.75) is 0 Å². The van der Waals surface area contributed by atoms with Crippen molar-refractivity contribution < 1.29 is 19.1 Å². The number of ether oxygens (including phenoxy) is 1. The van der Waals surface area contributed by atoms with Crippen LogP contribution in [0, 0.1) is 0 Å². The summed E-state index contributed by atoms with van der Waals surface area (Å²) in [5, 5.41) is 8.58. The van der Waals surface area contributed by atoms with Gasteiger partial charge >= 0.3 is 5.97 Å². The number of halogens is 1. The summed E-state index contributed by atoms with van der Waals surface area (Å²) < 4.78 is 5.50. The van der Waals surface area contributed by atoms with Crippen LogP contribution < -0.4 is 15.5 Å². The highest BCUT2D eigenvalue weighted by Crippen LogP contribution is 2.21. The van der Waals surface area contributed by atoms with Crippen molar-refractivity contribution in [3.63, 3.8) is 0 Å². The van der Waals surface area contributed by atoms with Crippen LogP contribution in [-0.4, -0.2) is 30.5 Å². The van der Waals surface area contributed by atoms with Crippen LogP contribution >= 0.6 is 11.6 Å². The molecule has 0 atom stereocenters. The summed E-state index contributed by atoms with van der Waals surface area (Å²) in [6, 6.07) is 26.2. The summed E-state index contributed by atoms with van der Waals surface area (Å²) in [6.45, 7) is -0.244. The minimum Gasteiger partial charge on any atom is -0.423 e. The number of hydrogen-bond donors (Lipinski definition) is 2. The van der Waals surface area contributed by atoms with E-state index >= 15 is 0 Å². The molecule has 0 spiro atoms. The lowest BCUT2D eigenvalue weighted by molar-refractivity contribution is -0.120. The molecule has 0 aliphatic heterocycles. The van der Waals surface area contributed by atoms with E-state index in [9.17, 15) is 14.4 Å². The molecule has 0 fully saturated rings. The van der Waals surface area contributed by atoms with E-state index in [1.165, 1.54) is 12.3 Å². The Kier molecular flexibility index (Phi) is 7.50. The summed E-state index contributed by atoms with van der Waals surface area (Å²) in [6.07, 6.45) is 1.44. The fourth-order valence-corrected chi connectivity index (χ4v) is 3.49. The topological polar surface area (TPSA) is 96.9 Å². The lowest BCUT2D eigenvalue weighted by atomic mass is 10.0. The standard InChI is InChI=1S/C27H20ClN3O4/c28-21-8-3-7-20(15-21)26(33)29-17-25(32)31-30-16-18-11-13-22(14-12-18)35-27(34)24-10-4-6-19-5-1-2-9-23(19)24/h1-16H,17H2,(H,29,33)(H,31,32)/b30-16+. The van der Waals surface area contributed by atoms with Crippen LogP contribution in [0.2, 0.25) is 5.02 Å². The number of nitrogens with zero attached hydrogens (tertiary/aromatic N) is 1. The minimum absolute atomic E-state index is 0.244. The predicted molar refractivity (Wildman–Crippen MR) is 135 cm³/mol. The number of hydrogen-bond acceptors (Lipinski definition) is 5. The Labute approximate surface area is 206 Å². The van der Waals surface area contributed by atoms with Crippen molar-refractivity contribution in [2.24, 2.45) is 5.10 Å². The molecule has 0 aliphatic carbocycles. The van der Waals surface area contributed by atoms with Crippen LogP contribution in [0.3, 0.4) is 0 Å². The first kappa shape index (κ1) is 23.7. The fraction of sp³-hybridized carbons (Fsp3) is 0.0370. The normalized spacial score (nSPS) is 10.8. The van der Waals surface area contributed by atoms with Crippen molar-refractivity contribution in [3.05, 3.63) is 113 Å². The number of amides is 2. The first-order chi connectivity index (χ1) is 17.0. The minimum atomic E-state index is -0.489. The zero-order valence-corrected chi connectivity index (χ0v) is 19.2. The van der Waals surface area contributed by atoms with Gasteiger partial charge in [0.25, 0.3) is 11.8 Å². The van der Waals surface area contributed by atoms with Gasteiger partial charge in [-0.15, -0.1) is 0 Å². The monoisotopic (exact) mass is 485 g/mol. The summed E-state index contributed by atoms with van der Waals surface area (Å²) in [4.78, 5) is 36.6. The number of esters is 1. The van der Waals surface area contributed by atoms with Gasteiger partial charge in [-0.3, -0.25) is 9.59 Å². The SMILES string of the molecule is O=C(CNC(=O)c1cccc(Cl)c1)N/N=C/c1ccc(OC(=O)c2cccc3ccccc23)cc1. The van der Waals surface area contributed by atoms with Crippen molar-refractivity contribution in [1.29, 1.82) is 0 Å². The van der Waals surface area contributed by atoms with Crippen LogP contribution in [0.25, 0.3) is 10.8 Å². The van der Waals surface area contributed by atoms with Gasteiger partial charge in [-0.1, -0.05) is 54.1 Å². The highest BCUT2D eigenvalue weighted by atomic mass is 35.5. The van der Waals surface area contributed by atoms with Gasteiger partial charge in [0.05, 0.1) is 18.3 Å². The molecule has 174 valence electrons. The van der Waals surface area contributed by atoms with Gasteiger partial charge in [0, 0.05) is 10.6 Å². The third-order valence-electron chi connectivity index (χ3n) is 5.00. The van der Waals surface area contributed by atoms with Gasteiger partial charge in [0.2, 0.25) is 0 Å². The van der Waals surface area contributed by atoms with Gasteiger partial charge < -0.3 is 10.1 Å². The van der Waals surface area contributed by atoms with E-state index in [1.54, 1.807) is 48.5 Å². The lowest BCUT2D eigenvalue weighted by Crippen LogP contribution is -2.34. The third-order valence-corrected chi connectivity index (χ3v) is 5.23.